The Morgan fingerprint density at radius 2 is 2.38 bits per heavy atom. The number of nitrogens with zero attached hydrogens (tertiary/aromatic N) is 1. The molecular weight excluding hydrogens is 100 g/mol. The Bertz CT molecular complexity index is 154. The summed E-state index contributed by atoms with van der Waals surface area (Å²) >= 11 is 0. The van der Waals surface area contributed by atoms with Gasteiger partial charge in [0.2, 0.25) is 0 Å². The summed E-state index contributed by atoms with van der Waals surface area (Å²) in [5.41, 5.74) is 6.25. The molecule has 8 heavy (non-hydrogen) atoms. The van der Waals surface area contributed by atoms with Crippen molar-refractivity contribution in [2.45, 2.75) is 0 Å². The van der Waals surface area contributed by atoms with Crippen LogP contribution in [0.4, 0.5) is 0 Å². The molecule has 2 heteroatoms. The smallest absolute Gasteiger partial charge is 0.0784 e. The third kappa shape index (κ3) is 1.22. The monoisotopic (exact) mass is 108 g/mol. The molecule has 0 aliphatic carbocycles. The Kier molecular flexibility index (Phi) is 1.47. The molecule has 0 saturated heterocycles. The van der Waals surface area contributed by atoms with E-state index in [0.29, 0.717) is 6.54 Å². The van der Waals surface area contributed by atoms with Gasteiger partial charge in [-0.3, -0.25) is 4.99 Å². The maximum absolute atomic E-state index is 5.43. The second-order valence-electron chi connectivity index (χ2n) is 1.62. The number of rotatable bonds is 0. The van der Waals surface area contributed by atoms with Crippen LogP contribution < -0.4 is 5.73 Å². The van der Waals surface area contributed by atoms with Crippen molar-refractivity contribution in [2.75, 3.05) is 6.54 Å². The van der Waals surface area contributed by atoms with Gasteiger partial charge in [0.1, 0.15) is 0 Å². The number of hydrogen-bond donors (Lipinski definition) is 1. The van der Waals surface area contributed by atoms with Crippen LogP contribution in [0.3, 0.4) is 0 Å². The van der Waals surface area contributed by atoms with Crippen LogP contribution in [0.1, 0.15) is 0 Å². The molecule has 0 aromatic heterocycles. The number of aliphatic imine (C=N–C) groups is 1. The first kappa shape index (κ1) is 5.09. The third-order valence-corrected chi connectivity index (χ3v) is 0.887. The molecule has 0 saturated carbocycles. The number of hydrogen-bond acceptors (Lipinski definition) is 2. The van der Waals surface area contributed by atoms with Crippen LogP contribution in [0.25, 0.3) is 0 Å². The lowest BCUT2D eigenvalue weighted by Gasteiger charge is -1.87. The summed E-state index contributed by atoms with van der Waals surface area (Å²) in [7, 11) is 0. The molecule has 0 radical (unpaired) electrons. The molecule has 0 bridgehead atoms. The van der Waals surface area contributed by atoms with Gasteiger partial charge in [-0.05, 0) is 12.2 Å². The largest absolute Gasteiger partial charge is 0.401 e. The summed E-state index contributed by atoms with van der Waals surface area (Å²) in [5, 5.41) is 0. The SMILES string of the molecule is NC1=CC=CC=NC1. The van der Waals surface area contributed by atoms with Gasteiger partial charge in [-0.2, -0.15) is 0 Å². The standard InChI is InChI=1S/C6H8N2/c7-6-3-1-2-4-8-5-6/h1-4H,5,7H2. The van der Waals surface area contributed by atoms with E-state index in [4.69, 9.17) is 5.73 Å². The lowest BCUT2D eigenvalue weighted by molar-refractivity contribution is 1.12. The van der Waals surface area contributed by atoms with E-state index in [0.717, 1.165) is 5.70 Å². The normalized spacial score (nSPS) is 17.8. The van der Waals surface area contributed by atoms with Crippen molar-refractivity contribution in [3.63, 3.8) is 0 Å². The highest BCUT2D eigenvalue weighted by atomic mass is 14.8. The van der Waals surface area contributed by atoms with Crippen LogP contribution in [-0.2, 0) is 0 Å². The summed E-state index contributed by atoms with van der Waals surface area (Å²) in [6.45, 7) is 0.632. The summed E-state index contributed by atoms with van der Waals surface area (Å²) in [5.74, 6) is 0. The van der Waals surface area contributed by atoms with Crippen molar-refractivity contribution >= 4 is 6.21 Å². The zero-order chi connectivity index (χ0) is 5.82. The van der Waals surface area contributed by atoms with Gasteiger partial charge in [-0.25, -0.2) is 0 Å². The van der Waals surface area contributed by atoms with E-state index in [2.05, 4.69) is 4.99 Å². The Hall–Kier alpha value is -1.05. The Labute approximate surface area is 48.4 Å². The molecule has 0 fully saturated rings. The van der Waals surface area contributed by atoms with Gasteiger partial charge < -0.3 is 5.73 Å². The average Bonchev–Trinajstić information content (AvgIpc) is 1.94. The van der Waals surface area contributed by atoms with Crippen molar-refractivity contribution in [2.24, 2.45) is 10.7 Å². The lowest BCUT2D eigenvalue weighted by atomic mass is 10.4. The molecule has 2 nitrogen and oxygen atoms in total. The van der Waals surface area contributed by atoms with Gasteiger partial charge in [-0.15, -0.1) is 0 Å². The fraction of sp³-hybridized carbons (Fsp3) is 0.167. The topological polar surface area (TPSA) is 38.4 Å². The van der Waals surface area contributed by atoms with Crippen LogP contribution in [0.5, 0.6) is 0 Å². The molecule has 1 rings (SSSR count). The van der Waals surface area contributed by atoms with Crippen LogP contribution in [0.15, 0.2) is 28.9 Å². The average molecular weight is 108 g/mol. The van der Waals surface area contributed by atoms with Crippen molar-refractivity contribution in [3.05, 3.63) is 23.9 Å². The molecule has 1 heterocycles. The van der Waals surface area contributed by atoms with Gasteiger partial charge in [0, 0.05) is 11.9 Å². The first-order valence-electron chi connectivity index (χ1n) is 2.51. The predicted octanol–water partition coefficient (Wildman–Crippen LogP) is 0.470. The zero-order valence-corrected chi connectivity index (χ0v) is 4.54. The van der Waals surface area contributed by atoms with Gasteiger partial charge in [0.05, 0.1) is 6.54 Å². The molecule has 1 aliphatic rings. The zero-order valence-electron chi connectivity index (χ0n) is 4.54. The highest BCUT2D eigenvalue weighted by Gasteiger charge is 1.84. The lowest BCUT2D eigenvalue weighted by Crippen LogP contribution is -1.98. The number of nitrogens with two attached hydrogens (primary N) is 1. The van der Waals surface area contributed by atoms with Crippen molar-refractivity contribution in [1.82, 2.24) is 0 Å². The van der Waals surface area contributed by atoms with E-state index in [-0.39, 0.29) is 0 Å². The van der Waals surface area contributed by atoms with Crippen molar-refractivity contribution in [1.29, 1.82) is 0 Å². The van der Waals surface area contributed by atoms with Crippen LogP contribution >= 0.6 is 0 Å². The fourth-order valence-corrected chi connectivity index (χ4v) is 0.501. The van der Waals surface area contributed by atoms with E-state index in [1.807, 2.05) is 18.2 Å². The van der Waals surface area contributed by atoms with Crippen molar-refractivity contribution < 1.29 is 0 Å². The summed E-state index contributed by atoms with van der Waals surface area (Å²) < 4.78 is 0. The molecule has 0 spiro atoms. The second-order valence-corrected chi connectivity index (χ2v) is 1.62. The molecule has 42 valence electrons. The van der Waals surface area contributed by atoms with Gasteiger partial charge in [0.25, 0.3) is 0 Å². The molecule has 0 aromatic carbocycles. The highest BCUT2D eigenvalue weighted by Crippen LogP contribution is 1.89. The van der Waals surface area contributed by atoms with Gasteiger partial charge in [0.15, 0.2) is 0 Å². The summed E-state index contributed by atoms with van der Waals surface area (Å²) in [4.78, 5) is 3.95. The van der Waals surface area contributed by atoms with E-state index in [1.54, 1.807) is 6.21 Å². The quantitative estimate of drug-likeness (QED) is 0.481. The Balaban J connectivity index is 2.69. The van der Waals surface area contributed by atoms with E-state index >= 15 is 0 Å². The summed E-state index contributed by atoms with van der Waals surface area (Å²) in [6.07, 6.45) is 7.34. The first-order chi connectivity index (χ1) is 3.89. The minimum atomic E-state index is 0.632. The molecule has 1 aliphatic heterocycles. The van der Waals surface area contributed by atoms with Crippen LogP contribution in [-0.4, -0.2) is 12.8 Å². The molecule has 2 N–H and O–H groups in total. The first-order valence-corrected chi connectivity index (χ1v) is 2.51. The van der Waals surface area contributed by atoms with Gasteiger partial charge >= 0.3 is 0 Å². The minimum absolute atomic E-state index is 0.632. The molecule has 0 atom stereocenters. The molecule has 0 amide bonds. The van der Waals surface area contributed by atoms with E-state index in [1.165, 1.54) is 0 Å². The second kappa shape index (κ2) is 2.31. The maximum Gasteiger partial charge on any atom is 0.0784 e. The highest BCUT2D eigenvalue weighted by molar-refractivity contribution is 5.72. The van der Waals surface area contributed by atoms with E-state index < -0.39 is 0 Å². The van der Waals surface area contributed by atoms with Crippen LogP contribution in [0, 0.1) is 0 Å². The van der Waals surface area contributed by atoms with Crippen LogP contribution in [0.2, 0.25) is 0 Å². The fourth-order valence-electron chi connectivity index (χ4n) is 0.501. The molecule has 0 aromatic rings. The van der Waals surface area contributed by atoms with Crippen molar-refractivity contribution in [3.8, 4) is 0 Å². The minimum Gasteiger partial charge on any atom is -0.401 e. The third-order valence-electron chi connectivity index (χ3n) is 0.887. The molecule has 0 unspecified atom stereocenters. The molecular formula is C6H8N2. The Morgan fingerprint density at radius 3 is 3.25 bits per heavy atom. The predicted molar refractivity (Wildman–Crippen MR) is 34.8 cm³/mol. The Morgan fingerprint density at radius 1 is 1.50 bits per heavy atom. The summed E-state index contributed by atoms with van der Waals surface area (Å²) in [6, 6.07) is 0. The maximum atomic E-state index is 5.43. The van der Waals surface area contributed by atoms with E-state index in [9.17, 15) is 0 Å². The van der Waals surface area contributed by atoms with Gasteiger partial charge in [-0.1, -0.05) is 6.08 Å². The number of allylic oxidation sites excluding steroid dienone is 3.